The summed E-state index contributed by atoms with van der Waals surface area (Å²) in [4.78, 5) is 13.2. The standard InChI is InChI=1S/C15H16ClN3/c16-15-18-13(11-7-3-1-4-8-11)17-14(19-15)12-9-5-2-6-10-12/h1,3-4,7-8,12H,2,5-6,9-10H2. The van der Waals surface area contributed by atoms with Crippen molar-refractivity contribution >= 4 is 11.6 Å². The third-order valence-corrected chi connectivity index (χ3v) is 3.80. The van der Waals surface area contributed by atoms with E-state index in [2.05, 4.69) is 15.0 Å². The van der Waals surface area contributed by atoms with Crippen molar-refractivity contribution in [3.8, 4) is 11.4 Å². The summed E-state index contributed by atoms with van der Waals surface area (Å²) in [6, 6.07) is 9.93. The predicted molar refractivity (Wildman–Crippen MR) is 76.1 cm³/mol. The van der Waals surface area contributed by atoms with E-state index in [4.69, 9.17) is 11.6 Å². The van der Waals surface area contributed by atoms with E-state index in [-0.39, 0.29) is 0 Å². The number of nitrogens with zero attached hydrogens (tertiary/aromatic N) is 3. The van der Waals surface area contributed by atoms with Gasteiger partial charge in [-0.05, 0) is 24.4 Å². The van der Waals surface area contributed by atoms with Crippen LogP contribution in [0, 0.1) is 0 Å². The van der Waals surface area contributed by atoms with Crippen LogP contribution in [0.2, 0.25) is 5.28 Å². The topological polar surface area (TPSA) is 38.7 Å². The maximum absolute atomic E-state index is 6.06. The fraction of sp³-hybridized carbons (Fsp3) is 0.400. The van der Waals surface area contributed by atoms with E-state index in [1.54, 1.807) is 0 Å². The van der Waals surface area contributed by atoms with Gasteiger partial charge >= 0.3 is 0 Å². The molecule has 98 valence electrons. The monoisotopic (exact) mass is 273 g/mol. The van der Waals surface area contributed by atoms with Crippen molar-refractivity contribution in [3.05, 3.63) is 41.4 Å². The minimum Gasteiger partial charge on any atom is -0.213 e. The summed E-state index contributed by atoms with van der Waals surface area (Å²) in [7, 11) is 0. The molecule has 0 N–H and O–H groups in total. The average molecular weight is 274 g/mol. The highest BCUT2D eigenvalue weighted by Crippen LogP contribution is 2.31. The van der Waals surface area contributed by atoms with Crippen LogP contribution in [0.3, 0.4) is 0 Å². The Balaban J connectivity index is 1.96. The van der Waals surface area contributed by atoms with Crippen molar-refractivity contribution in [1.82, 2.24) is 15.0 Å². The van der Waals surface area contributed by atoms with Gasteiger partial charge in [0, 0.05) is 11.5 Å². The second-order valence-corrected chi connectivity index (χ2v) is 5.33. The quantitative estimate of drug-likeness (QED) is 0.821. The lowest BCUT2D eigenvalue weighted by atomic mass is 9.89. The van der Waals surface area contributed by atoms with Crippen LogP contribution in [-0.2, 0) is 0 Å². The molecular formula is C15H16ClN3. The molecule has 1 aromatic heterocycles. The Hall–Kier alpha value is -1.48. The molecule has 19 heavy (non-hydrogen) atoms. The van der Waals surface area contributed by atoms with Gasteiger partial charge in [-0.15, -0.1) is 0 Å². The van der Waals surface area contributed by atoms with Crippen LogP contribution in [0.5, 0.6) is 0 Å². The number of hydrogen-bond donors (Lipinski definition) is 0. The van der Waals surface area contributed by atoms with Crippen LogP contribution >= 0.6 is 11.6 Å². The summed E-state index contributed by atoms with van der Waals surface area (Å²) in [6.07, 6.45) is 6.16. The molecule has 3 rings (SSSR count). The number of benzene rings is 1. The van der Waals surface area contributed by atoms with E-state index in [9.17, 15) is 0 Å². The number of halogens is 1. The molecule has 0 saturated heterocycles. The second kappa shape index (κ2) is 5.66. The van der Waals surface area contributed by atoms with Crippen LogP contribution in [-0.4, -0.2) is 15.0 Å². The van der Waals surface area contributed by atoms with Crippen LogP contribution < -0.4 is 0 Å². The summed E-state index contributed by atoms with van der Waals surface area (Å²) >= 11 is 6.06. The second-order valence-electron chi connectivity index (χ2n) is 4.99. The lowest BCUT2D eigenvalue weighted by molar-refractivity contribution is 0.428. The minimum absolute atomic E-state index is 0.300. The molecule has 0 radical (unpaired) electrons. The molecule has 1 aliphatic carbocycles. The van der Waals surface area contributed by atoms with Crippen molar-refractivity contribution in [2.24, 2.45) is 0 Å². The molecule has 1 fully saturated rings. The molecule has 0 spiro atoms. The van der Waals surface area contributed by atoms with Crippen molar-refractivity contribution in [2.75, 3.05) is 0 Å². The van der Waals surface area contributed by atoms with Crippen LogP contribution in [0.15, 0.2) is 30.3 Å². The summed E-state index contributed by atoms with van der Waals surface area (Å²) in [5.41, 5.74) is 0.990. The highest BCUT2D eigenvalue weighted by Gasteiger charge is 2.20. The Bertz CT molecular complexity index is 551. The van der Waals surface area contributed by atoms with E-state index in [1.165, 1.54) is 19.3 Å². The van der Waals surface area contributed by atoms with Gasteiger partial charge in [0.25, 0.3) is 0 Å². The summed E-state index contributed by atoms with van der Waals surface area (Å²) < 4.78 is 0. The molecule has 3 nitrogen and oxygen atoms in total. The number of hydrogen-bond acceptors (Lipinski definition) is 3. The third-order valence-electron chi connectivity index (χ3n) is 3.63. The Labute approximate surface area is 118 Å². The molecule has 0 unspecified atom stereocenters. The molecule has 1 aromatic carbocycles. The third kappa shape index (κ3) is 2.92. The van der Waals surface area contributed by atoms with Crippen molar-refractivity contribution in [2.45, 2.75) is 38.0 Å². The molecule has 0 bridgehead atoms. The van der Waals surface area contributed by atoms with Gasteiger partial charge in [-0.1, -0.05) is 49.6 Å². The zero-order chi connectivity index (χ0) is 13.1. The normalized spacial score (nSPS) is 16.5. The first kappa shape index (κ1) is 12.5. The van der Waals surface area contributed by atoms with Gasteiger partial charge in [-0.2, -0.15) is 4.98 Å². The summed E-state index contributed by atoms with van der Waals surface area (Å²) in [5, 5.41) is 0.300. The molecule has 4 heteroatoms. The molecule has 0 atom stereocenters. The predicted octanol–water partition coefficient (Wildman–Crippen LogP) is 4.24. The van der Waals surface area contributed by atoms with E-state index < -0.39 is 0 Å². The van der Waals surface area contributed by atoms with Gasteiger partial charge in [-0.25, -0.2) is 9.97 Å². The first-order valence-corrected chi connectivity index (χ1v) is 7.17. The van der Waals surface area contributed by atoms with Gasteiger partial charge in [0.15, 0.2) is 5.82 Å². The molecule has 0 amide bonds. The highest BCUT2D eigenvalue weighted by atomic mass is 35.5. The summed E-state index contributed by atoms with van der Waals surface area (Å²) in [5.74, 6) is 1.98. The lowest BCUT2D eigenvalue weighted by Gasteiger charge is -2.20. The zero-order valence-electron chi connectivity index (χ0n) is 10.7. The van der Waals surface area contributed by atoms with Gasteiger partial charge in [-0.3, -0.25) is 0 Å². The summed E-state index contributed by atoms with van der Waals surface area (Å²) in [6.45, 7) is 0. The number of aromatic nitrogens is 3. The van der Waals surface area contributed by atoms with Crippen LogP contribution in [0.1, 0.15) is 43.8 Å². The van der Waals surface area contributed by atoms with E-state index in [0.717, 1.165) is 24.2 Å². The van der Waals surface area contributed by atoms with E-state index in [1.807, 2.05) is 30.3 Å². The maximum atomic E-state index is 6.06. The van der Waals surface area contributed by atoms with Crippen molar-refractivity contribution in [1.29, 1.82) is 0 Å². The zero-order valence-corrected chi connectivity index (χ0v) is 11.5. The van der Waals surface area contributed by atoms with Gasteiger partial charge < -0.3 is 0 Å². The fourth-order valence-electron chi connectivity index (χ4n) is 2.63. The molecule has 1 saturated carbocycles. The number of rotatable bonds is 2. The first-order valence-electron chi connectivity index (χ1n) is 6.80. The fourth-order valence-corrected chi connectivity index (χ4v) is 2.79. The Morgan fingerprint density at radius 3 is 2.37 bits per heavy atom. The van der Waals surface area contributed by atoms with Gasteiger partial charge in [0.05, 0.1) is 0 Å². The molecule has 2 aromatic rings. The van der Waals surface area contributed by atoms with E-state index in [0.29, 0.717) is 17.0 Å². The Morgan fingerprint density at radius 2 is 1.63 bits per heavy atom. The molecule has 1 aliphatic rings. The van der Waals surface area contributed by atoms with Crippen LogP contribution in [0.4, 0.5) is 0 Å². The molecular weight excluding hydrogens is 258 g/mol. The minimum atomic E-state index is 0.300. The Kier molecular flexibility index (Phi) is 3.74. The smallest absolute Gasteiger partial charge is 0.213 e. The van der Waals surface area contributed by atoms with Crippen molar-refractivity contribution < 1.29 is 0 Å². The SMILES string of the molecule is Clc1nc(-c2ccccc2)nc(C2CCCCC2)n1. The lowest BCUT2D eigenvalue weighted by Crippen LogP contribution is -2.10. The first-order chi connectivity index (χ1) is 9.33. The maximum Gasteiger partial charge on any atom is 0.226 e. The van der Waals surface area contributed by atoms with E-state index >= 15 is 0 Å². The average Bonchev–Trinajstić information content (AvgIpc) is 2.48. The van der Waals surface area contributed by atoms with Crippen LogP contribution in [0.25, 0.3) is 11.4 Å². The van der Waals surface area contributed by atoms with Gasteiger partial charge in [0.1, 0.15) is 5.82 Å². The van der Waals surface area contributed by atoms with Gasteiger partial charge in [0.2, 0.25) is 5.28 Å². The largest absolute Gasteiger partial charge is 0.226 e. The molecule has 1 heterocycles. The van der Waals surface area contributed by atoms with Crippen molar-refractivity contribution in [3.63, 3.8) is 0 Å². The Morgan fingerprint density at radius 1 is 0.895 bits per heavy atom. The highest BCUT2D eigenvalue weighted by molar-refractivity contribution is 6.28. The molecule has 0 aliphatic heterocycles.